The molecule has 2 nitrogen and oxygen atoms in total. The topological polar surface area (TPSA) is 29.5 Å². The Balaban J connectivity index is 2.28. The van der Waals surface area contributed by atoms with Gasteiger partial charge in [-0.25, -0.2) is 8.78 Å². The Morgan fingerprint density at radius 3 is 2.68 bits per heavy atom. The van der Waals surface area contributed by atoms with Gasteiger partial charge in [0.15, 0.2) is 0 Å². The van der Waals surface area contributed by atoms with Crippen molar-refractivity contribution in [2.24, 2.45) is 0 Å². The zero-order valence-electron chi connectivity index (χ0n) is 11.0. The summed E-state index contributed by atoms with van der Waals surface area (Å²) in [5, 5.41) is 10.6. The van der Waals surface area contributed by atoms with Crippen molar-refractivity contribution >= 4 is 15.9 Å². The van der Waals surface area contributed by atoms with Crippen LogP contribution in [0.25, 0.3) is 0 Å². The summed E-state index contributed by atoms with van der Waals surface area (Å²) in [5.74, 6) is -1.27. The Labute approximate surface area is 119 Å². The number of ether oxygens (including phenoxy) is 1. The minimum atomic E-state index is -1.13. The quantitative estimate of drug-likeness (QED) is 0.837. The van der Waals surface area contributed by atoms with Crippen molar-refractivity contribution < 1.29 is 18.6 Å². The van der Waals surface area contributed by atoms with Gasteiger partial charge in [0, 0.05) is 18.4 Å². The summed E-state index contributed by atoms with van der Waals surface area (Å²) >= 11 is 3.04. The smallest absolute Gasteiger partial charge is 0.143 e. The highest BCUT2D eigenvalue weighted by atomic mass is 79.9. The van der Waals surface area contributed by atoms with E-state index in [-0.39, 0.29) is 16.5 Å². The van der Waals surface area contributed by atoms with Crippen molar-refractivity contribution in [3.63, 3.8) is 0 Å². The molecule has 1 aliphatic rings. The first-order valence-electron chi connectivity index (χ1n) is 6.21. The van der Waals surface area contributed by atoms with Crippen LogP contribution in [-0.4, -0.2) is 22.9 Å². The molecule has 1 aromatic carbocycles. The Morgan fingerprint density at radius 2 is 2.05 bits per heavy atom. The summed E-state index contributed by atoms with van der Waals surface area (Å²) in [7, 11) is 0. The van der Waals surface area contributed by atoms with Gasteiger partial charge in [-0.2, -0.15) is 0 Å². The molecule has 19 heavy (non-hydrogen) atoms. The van der Waals surface area contributed by atoms with Crippen molar-refractivity contribution in [2.75, 3.05) is 6.61 Å². The van der Waals surface area contributed by atoms with E-state index in [1.165, 1.54) is 12.1 Å². The third kappa shape index (κ3) is 3.33. The van der Waals surface area contributed by atoms with Gasteiger partial charge in [0.25, 0.3) is 0 Å². The lowest BCUT2D eigenvalue weighted by molar-refractivity contribution is -0.143. The number of benzene rings is 1. The summed E-state index contributed by atoms with van der Waals surface area (Å²) in [5.41, 5.74) is -1.69. The summed E-state index contributed by atoms with van der Waals surface area (Å²) in [6.45, 7) is 4.12. The average molecular weight is 335 g/mol. The molecule has 0 bridgehead atoms. The minimum Gasteiger partial charge on any atom is -0.389 e. The van der Waals surface area contributed by atoms with Crippen LogP contribution < -0.4 is 0 Å². The standard InChI is InChI=1S/C14H17BrF2O2/c1-13(2)8-14(18,5-6-19-13)7-9-11(16)4-3-10(15)12(9)17/h3-4,18H,5-8H2,1-2H3. The predicted molar refractivity (Wildman–Crippen MR) is 72.0 cm³/mol. The van der Waals surface area contributed by atoms with Crippen molar-refractivity contribution in [1.29, 1.82) is 0 Å². The second-order valence-corrected chi connectivity index (χ2v) is 6.61. The fraction of sp³-hybridized carbons (Fsp3) is 0.571. The fourth-order valence-electron chi connectivity index (χ4n) is 2.66. The molecule has 1 atom stereocenters. The van der Waals surface area contributed by atoms with E-state index in [0.29, 0.717) is 19.4 Å². The molecule has 0 radical (unpaired) electrons. The molecule has 1 aliphatic heterocycles. The van der Waals surface area contributed by atoms with E-state index in [1.54, 1.807) is 0 Å². The van der Waals surface area contributed by atoms with Gasteiger partial charge in [0.1, 0.15) is 11.6 Å². The highest BCUT2D eigenvalue weighted by Gasteiger charge is 2.40. The predicted octanol–water partition coefficient (Wildman–Crippen LogP) is 3.59. The Bertz CT molecular complexity index is 491. The monoisotopic (exact) mass is 334 g/mol. The van der Waals surface area contributed by atoms with Gasteiger partial charge in [-0.05, 0) is 48.3 Å². The van der Waals surface area contributed by atoms with Crippen molar-refractivity contribution in [1.82, 2.24) is 0 Å². The zero-order chi connectivity index (χ0) is 14.3. The van der Waals surface area contributed by atoms with Crippen molar-refractivity contribution in [2.45, 2.75) is 44.3 Å². The molecule has 0 aliphatic carbocycles. The van der Waals surface area contributed by atoms with Gasteiger partial charge in [0.2, 0.25) is 0 Å². The van der Waals surface area contributed by atoms with E-state index in [4.69, 9.17) is 4.74 Å². The number of aliphatic hydroxyl groups is 1. The average Bonchev–Trinajstić information content (AvgIpc) is 2.28. The molecular weight excluding hydrogens is 318 g/mol. The molecule has 0 aromatic heterocycles. The number of rotatable bonds is 2. The fourth-order valence-corrected chi connectivity index (χ4v) is 3.03. The van der Waals surface area contributed by atoms with Gasteiger partial charge in [-0.1, -0.05) is 0 Å². The summed E-state index contributed by atoms with van der Waals surface area (Å²) in [6.07, 6.45) is 0.685. The van der Waals surface area contributed by atoms with Gasteiger partial charge in [-0.3, -0.25) is 0 Å². The van der Waals surface area contributed by atoms with E-state index in [9.17, 15) is 13.9 Å². The van der Waals surface area contributed by atoms with Crippen LogP contribution in [0.15, 0.2) is 16.6 Å². The molecule has 1 fully saturated rings. The zero-order valence-corrected chi connectivity index (χ0v) is 12.6. The van der Waals surface area contributed by atoms with Crippen LogP contribution >= 0.6 is 15.9 Å². The Hall–Kier alpha value is -0.520. The highest BCUT2D eigenvalue weighted by molar-refractivity contribution is 9.10. The van der Waals surface area contributed by atoms with E-state index in [0.717, 1.165) is 0 Å². The maximum atomic E-state index is 14.0. The molecule has 1 heterocycles. The molecule has 1 saturated heterocycles. The number of hydrogen-bond acceptors (Lipinski definition) is 2. The van der Waals surface area contributed by atoms with Crippen LogP contribution in [0.1, 0.15) is 32.3 Å². The third-order valence-electron chi connectivity index (χ3n) is 3.46. The highest BCUT2D eigenvalue weighted by Crippen LogP contribution is 2.36. The first-order chi connectivity index (χ1) is 8.72. The lowest BCUT2D eigenvalue weighted by atomic mass is 9.80. The maximum absolute atomic E-state index is 14.0. The molecule has 1 aromatic rings. The summed E-state index contributed by atoms with van der Waals surface area (Å²) in [4.78, 5) is 0. The van der Waals surface area contributed by atoms with Crippen LogP contribution in [-0.2, 0) is 11.2 Å². The third-order valence-corrected chi connectivity index (χ3v) is 4.07. The SMILES string of the molecule is CC1(C)CC(O)(Cc2c(F)ccc(Br)c2F)CCO1. The van der Waals surface area contributed by atoms with Gasteiger partial charge in [0.05, 0.1) is 22.3 Å². The first kappa shape index (κ1) is 14.9. The largest absolute Gasteiger partial charge is 0.389 e. The van der Waals surface area contributed by atoms with Crippen molar-refractivity contribution in [3.8, 4) is 0 Å². The summed E-state index contributed by atoms with van der Waals surface area (Å²) < 4.78 is 33.4. The lowest BCUT2D eigenvalue weighted by Gasteiger charge is -2.41. The van der Waals surface area contributed by atoms with Crippen molar-refractivity contribution in [3.05, 3.63) is 33.8 Å². The molecule has 1 N–H and O–H groups in total. The normalized spacial score (nSPS) is 26.4. The van der Waals surface area contributed by atoms with Gasteiger partial charge < -0.3 is 9.84 Å². The van der Waals surface area contributed by atoms with Crippen LogP contribution in [0.2, 0.25) is 0 Å². The van der Waals surface area contributed by atoms with E-state index < -0.39 is 22.8 Å². The summed E-state index contributed by atoms with van der Waals surface area (Å²) in [6, 6.07) is 2.53. The second kappa shape index (κ2) is 5.11. The van der Waals surface area contributed by atoms with Crippen LogP contribution in [0.4, 0.5) is 8.78 Å². The number of halogens is 3. The molecule has 1 unspecified atom stereocenters. The molecular formula is C14H17BrF2O2. The molecule has 5 heteroatoms. The number of hydrogen-bond donors (Lipinski definition) is 1. The minimum absolute atomic E-state index is 0.0447. The van der Waals surface area contributed by atoms with E-state index in [2.05, 4.69) is 15.9 Å². The Morgan fingerprint density at radius 1 is 1.37 bits per heavy atom. The van der Waals surface area contributed by atoms with Crippen LogP contribution in [0.5, 0.6) is 0 Å². The van der Waals surface area contributed by atoms with Crippen LogP contribution in [0.3, 0.4) is 0 Å². The Kier molecular flexibility index (Phi) is 4.00. The van der Waals surface area contributed by atoms with E-state index in [1.807, 2.05) is 13.8 Å². The second-order valence-electron chi connectivity index (χ2n) is 5.76. The lowest BCUT2D eigenvalue weighted by Crippen LogP contribution is -2.47. The maximum Gasteiger partial charge on any atom is 0.143 e. The first-order valence-corrected chi connectivity index (χ1v) is 7.00. The van der Waals surface area contributed by atoms with Gasteiger partial charge in [-0.15, -0.1) is 0 Å². The molecule has 106 valence electrons. The van der Waals surface area contributed by atoms with E-state index >= 15 is 0 Å². The molecule has 0 saturated carbocycles. The molecule has 2 rings (SSSR count). The van der Waals surface area contributed by atoms with Gasteiger partial charge >= 0.3 is 0 Å². The molecule has 0 spiro atoms. The molecule has 0 amide bonds. The van der Waals surface area contributed by atoms with Crippen LogP contribution in [0, 0.1) is 11.6 Å².